The first kappa shape index (κ1) is 8.65. The quantitative estimate of drug-likeness (QED) is 0.774. The molecule has 2 rings (SSSR count). The average molecular weight is 211 g/mol. The van der Waals surface area contributed by atoms with E-state index in [1.807, 2.05) is 29.4 Å². The lowest BCUT2D eigenvalue weighted by molar-refractivity contribution is 0.794. The Kier molecular flexibility index (Phi) is 2.28. The molecule has 0 amide bonds. The van der Waals surface area contributed by atoms with Crippen molar-refractivity contribution in [3.8, 4) is 0 Å². The van der Waals surface area contributed by atoms with Crippen molar-refractivity contribution >= 4 is 23.6 Å². The van der Waals surface area contributed by atoms with E-state index in [1.54, 1.807) is 11.3 Å². The van der Waals surface area contributed by atoms with E-state index in [4.69, 9.17) is 12.2 Å². The van der Waals surface area contributed by atoms with Crippen LogP contribution in [-0.2, 0) is 6.54 Å². The van der Waals surface area contributed by atoms with Crippen LogP contribution >= 0.6 is 23.6 Å². The number of nitrogens with zero attached hydrogens (tertiary/aromatic N) is 2. The first-order chi connectivity index (χ1) is 6.25. The Morgan fingerprint density at radius 1 is 1.69 bits per heavy atom. The standard InChI is InChI=1S/C8H9N3S2/c1-6-3-11(8(12)10-6)4-7-2-9-5-13-7/h2-3,5H,4H2,1H3,(H,10,12). The summed E-state index contributed by atoms with van der Waals surface area (Å²) in [7, 11) is 0. The van der Waals surface area contributed by atoms with E-state index in [1.165, 1.54) is 4.88 Å². The second kappa shape index (κ2) is 3.43. The molecule has 0 aliphatic carbocycles. The van der Waals surface area contributed by atoms with E-state index in [-0.39, 0.29) is 0 Å². The summed E-state index contributed by atoms with van der Waals surface area (Å²) in [6.45, 7) is 2.81. The van der Waals surface area contributed by atoms with E-state index in [0.29, 0.717) is 0 Å². The molecule has 5 heteroatoms. The Balaban J connectivity index is 2.28. The zero-order chi connectivity index (χ0) is 9.26. The number of imidazole rings is 1. The first-order valence-corrected chi connectivity index (χ1v) is 5.18. The normalized spacial score (nSPS) is 10.5. The topological polar surface area (TPSA) is 33.6 Å². The number of aromatic nitrogens is 3. The molecule has 0 aliphatic rings. The highest BCUT2D eigenvalue weighted by atomic mass is 32.1. The predicted octanol–water partition coefficient (Wildman–Crippen LogP) is 2.36. The summed E-state index contributed by atoms with van der Waals surface area (Å²) in [4.78, 5) is 8.32. The molecule has 0 saturated heterocycles. The number of H-pyrrole nitrogens is 1. The van der Waals surface area contributed by atoms with Crippen LogP contribution in [0.1, 0.15) is 10.6 Å². The number of rotatable bonds is 2. The van der Waals surface area contributed by atoms with Gasteiger partial charge in [0.05, 0.1) is 12.1 Å². The van der Waals surface area contributed by atoms with Crippen molar-refractivity contribution in [3.05, 3.63) is 33.2 Å². The van der Waals surface area contributed by atoms with Crippen LogP contribution in [0.3, 0.4) is 0 Å². The van der Waals surface area contributed by atoms with Crippen molar-refractivity contribution in [2.75, 3.05) is 0 Å². The minimum atomic E-state index is 0.769. The third-order valence-corrected chi connectivity index (χ3v) is 2.83. The van der Waals surface area contributed by atoms with Crippen molar-refractivity contribution in [2.45, 2.75) is 13.5 Å². The summed E-state index contributed by atoms with van der Waals surface area (Å²) < 4.78 is 2.78. The molecule has 0 aromatic carbocycles. The van der Waals surface area contributed by atoms with E-state index in [9.17, 15) is 0 Å². The molecule has 0 atom stereocenters. The highest BCUT2D eigenvalue weighted by Gasteiger charge is 1.99. The summed E-state index contributed by atoms with van der Waals surface area (Å²) in [5, 5.41) is 0. The van der Waals surface area contributed by atoms with Crippen LogP contribution in [0, 0.1) is 11.7 Å². The van der Waals surface area contributed by atoms with Crippen LogP contribution in [0.25, 0.3) is 0 Å². The monoisotopic (exact) mass is 211 g/mol. The summed E-state index contributed by atoms with van der Waals surface area (Å²) in [6.07, 6.45) is 3.89. The van der Waals surface area contributed by atoms with E-state index in [2.05, 4.69) is 9.97 Å². The molecule has 13 heavy (non-hydrogen) atoms. The molecule has 0 bridgehead atoms. The van der Waals surface area contributed by atoms with Gasteiger partial charge in [-0.25, -0.2) is 0 Å². The molecule has 0 radical (unpaired) electrons. The summed E-state index contributed by atoms with van der Waals surface area (Å²) in [5.41, 5.74) is 2.92. The lowest BCUT2D eigenvalue weighted by Gasteiger charge is -1.96. The summed E-state index contributed by atoms with van der Waals surface area (Å²) in [6, 6.07) is 0. The molecule has 0 unspecified atom stereocenters. The number of hydrogen-bond acceptors (Lipinski definition) is 3. The zero-order valence-corrected chi connectivity index (χ0v) is 8.78. The molecule has 0 aliphatic heterocycles. The van der Waals surface area contributed by atoms with Crippen LogP contribution in [0.2, 0.25) is 0 Å². The molecule has 0 saturated carbocycles. The van der Waals surface area contributed by atoms with Gasteiger partial charge in [-0.3, -0.25) is 4.98 Å². The molecular formula is C8H9N3S2. The van der Waals surface area contributed by atoms with Crippen molar-refractivity contribution in [2.24, 2.45) is 0 Å². The van der Waals surface area contributed by atoms with Gasteiger partial charge in [-0.2, -0.15) is 0 Å². The van der Waals surface area contributed by atoms with Gasteiger partial charge in [-0.15, -0.1) is 11.3 Å². The molecule has 0 spiro atoms. The van der Waals surface area contributed by atoms with Gasteiger partial charge in [0.25, 0.3) is 0 Å². The molecule has 68 valence electrons. The highest BCUT2D eigenvalue weighted by Crippen LogP contribution is 2.09. The van der Waals surface area contributed by atoms with Gasteiger partial charge < -0.3 is 9.55 Å². The van der Waals surface area contributed by atoms with Crippen LogP contribution in [0.5, 0.6) is 0 Å². The molecule has 2 heterocycles. The van der Waals surface area contributed by atoms with Crippen molar-refractivity contribution < 1.29 is 0 Å². The maximum atomic E-state index is 5.14. The average Bonchev–Trinajstić information content (AvgIpc) is 2.63. The highest BCUT2D eigenvalue weighted by molar-refractivity contribution is 7.71. The maximum Gasteiger partial charge on any atom is 0.177 e. The van der Waals surface area contributed by atoms with E-state index < -0.39 is 0 Å². The van der Waals surface area contributed by atoms with Crippen molar-refractivity contribution in [3.63, 3.8) is 0 Å². The molecule has 3 nitrogen and oxygen atoms in total. The SMILES string of the molecule is Cc1cn(Cc2cncs2)c(=S)[nH]1. The van der Waals surface area contributed by atoms with Crippen molar-refractivity contribution in [1.29, 1.82) is 0 Å². The van der Waals surface area contributed by atoms with E-state index in [0.717, 1.165) is 17.0 Å². The summed E-state index contributed by atoms with van der Waals surface area (Å²) >= 11 is 6.78. The smallest absolute Gasteiger partial charge is 0.177 e. The third-order valence-electron chi connectivity index (χ3n) is 1.72. The van der Waals surface area contributed by atoms with Gasteiger partial charge in [0.15, 0.2) is 4.77 Å². The Morgan fingerprint density at radius 3 is 3.08 bits per heavy atom. The zero-order valence-electron chi connectivity index (χ0n) is 7.15. The number of hydrogen-bond donors (Lipinski definition) is 1. The van der Waals surface area contributed by atoms with Crippen LogP contribution in [0.4, 0.5) is 0 Å². The van der Waals surface area contributed by atoms with Gasteiger partial charge in [0, 0.05) is 23.0 Å². The fourth-order valence-electron chi connectivity index (χ4n) is 1.17. The number of nitrogens with one attached hydrogen (secondary N) is 1. The second-order valence-electron chi connectivity index (χ2n) is 2.84. The Labute approximate surface area is 85.1 Å². The Bertz CT molecular complexity index is 438. The van der Waals surface area contributed by atoms with Crippen LogP contribution in [-0.4, -0.2) is 14.5 Å². The minimum Gasteiger partial charge on any atom is -0.335 e. The first-order valence-electron chi connectivity index (χ1n) is 3.89. The fraction of sp³-hybridized carbons (Fsp3) is 0.250. The van der Waals surface area contributed by atoms with Crippen LogP contribution in [0.15, 0.2) is 17.9 Å². The molecule has 2 aromatic rings. The second-order valence-corrected chi connectivity index (χ2v) is 4.20. The Hall–Kier alpha value is -0.940. The molecule has 2 aromatic heterocycles. The maximum absolute atomic E-state index is 5.14. The third kappa shape index (κ3) is 1.87. The lowest BCUT2D eigenvalue weighted by Crippen LogP contribution is -1.95. The Morgan fingerprint density at radius 2 is 2.54 bits per heavy atom. The number of thiazole rings is 1. The summed E-state index contributed by atoms with van der Waals surface area (Å²) in [5.74, 6) is 0. The van der Waals surface area contributed by atoms with Crippen molar-refractivity contribution in [1.82, 2.24) is 14.5 Å². The predicted molar refractivity (Wildman–Crippen MR) is 55.6 cm³/mol. The van der Waals surface area contributed by atoms with E-state index >= 15 is 0 Å². The fourth-order valence-corrected chi connectivity index (χ4v) is 2.04. The van der Waals surface area contributed by atoms with Gasteiger partial charge >= 0.3 is 0 Å². The minimum absolute atomic E-state index is 0.769. The molecule has 1 N–H and O–H groups in total. The van der Waals surface area contributed by atoms with Gasteiger partial charge in [-0.1, -0.05) is 0 Å². The molecular weight excluding hydrogens is 202 g/mol. The van der Waals surface area contributed by atoms with Crippen LogP contribution < -0.4 is 0 Å². The van der Waals surface area contributed by atoms with Gasteiger partial charge in [-0.05, 0) is 19.1 Å². The lowest BCUT2D eigenvalue weighted by atomic mass is 10.5. The molecule has 0 fully saturated rings. The van der Waals surface area contributed by atoms with Gasteiger partial charge in [0.2, 0.25) is 0 Å². The largest absolute Gasteiger partial charge is 0.335 e. The number of aromatic amines is 1. The number of aryl methyl sites for hydroxylation is 1. The van der Waals surface area contributed by atoms with Gasteiger partial charge in [0.1, 0.15) is 0 Å².